The average Bonchev–Trinajstić information content (AvgIpc) is 3.16. The van der Waals surface area contributed by atoms with Gasteiger partial charge < -0.3 is 4.90 Å². The van der Waals surface area contributed by atoms with Crippen molar-refractivity contribution in [3.63, 3.8) is 0 Å². The fourth-order valence-electron chi connectivity index (χ4n) is 2.89. The second-order valence-electron chi connectivity index (χ2n) is 5.74. The lowest BCUT2D eigenvalue weighted by Crippen LogP contribution is -2.36. The summed E-state index contributed by atoms with van der Waals surface area (Å²) in [6, 6.07) is 10.1. The Kier molecular flexibility index (Phi) is 4.22. The van der Waals surface area contributed by atoms with E-state index in [0.29, 0.717) is 13.1 Å². The molecule has 116 valence electrons. The molecule has 0 radical (unpaired) electrons. The molecule has 1 saturated heterocycles. The average molecular weight is 299 g/mol. The van der Waals surface area contributed by atoms with E-state index in [0.717, 1.165) is 11.1 Å². The van der Waals surface area contributed by atoms with E-state index < -0.39 is 0 Å². The minimum absolute atomic E-state index is 0.00467. The molecule has 6 nitrogen and oxygen atoms in total. The van der Waals surface area contributed by atoms with Crippen molar-refractivity contribution in [2.75, 3.05) is 13.6 Å². The van der Waals surface area contributed by atoms with Gasteiger partial charge >= 0.3 is 0 Å². The number of hydrogen-bond acceptors (Lipinski definition) is 4. The lowest BCUT2D eigenvalue weighted by atomic mass is 9.94. The zero-order chi connectivity index (χ0) is 15.5. The second-order valence-corrected chi connectivity index (χ2v) is 5.74. The second kappa shape index (κ2) is 6.29. The molecule has 2 aromatic rings. The van der Waals surface area contributed by atoms with Crippen LogP contribution in [0.4, 0.5) is 0 Å². The van der Waals surface area contributed by atoms with Gasteiger partial charge in [-0.1, -0.05) is 30.3 Å². The first-order valence-corrected chi connectivity index (χ1v) is 7.41. The van der Waals surface area contributed by atoms with Crippen LogP contribution in [0.5, 0.6) is 0 Å². The third kappa shape index (κ3) is 3.03. The van der Waals surface area contributed by atoms with Crippen molar-refractivity contribution >= 4 is 5.91 Å². The van der Waals surface area contributed by atoms with Crippen LogP contribution in [0, 0.1) is 5.92 Å². The molecule has 0 saturated carbocycles. The van der Waals surface area contributed by atoms with Crippen molar-refractivity contribution in [1.29, 1.82) is 0 Å². The molecule has 1 fully saturated rings. The number of benzene rings is 1. The summed E-state index contributed by atoms with van der Waals surface area (Å²) in [7, 11) is 3.72. The zero-order valence-corrected chi connectivity index (χ0v) is 12.9. The summed E-state index contributed by atoms with van der Waals surface area (Å²) in [6.07, 6.45) is 3.73. The van der Waals surface area contributed by atoms with Gasteiger partial charge in [-0.25, -0.2) is 5.43 Å². The molecule has 0 spiro atoms. The Bertz CT molecular complexity index is 639. The molecule has 0 bridgehead atoms. The number of carbonyl (C=O) groups is 1. The fraction of sp³-hybridized carbons (Fsp3) is 0.375. The molecule has 2 heterocycles. The van der Waals surface area contributed by atoms with Gasteiger partial charge in [0.05, 0.1) is 18.2 Å². The van der Waals surface area contributed by atoms with Crippen LogP contribution in [0.3, 0.4) is 0 Å². The van der Waals surface area contributed by atoms with Gasteiger partial charge in [-0.2, -0.15) is 5.10 Å². The monoisotopic (exact) mass is 299 g/mol. The van der Waals surface area contributed by atoms with Gasteiger partial charge in [0.1, 0.15) is 0 Å². The molecule has 1 amide bonds. The number of aromatic nitrogens is 2. The minimum atomic E-state index is -0.107. The normalized spacial score (nSPS) is 21.0. The van der Waals surface area contributed by atoms with E-state index in [9.17, 15) is 4.79 Å². The molecular formula is C16H21N5O. The zero-order valence-electron chi connectivity index (χ0n) is 12.9. The topological polar surface area (TPSA) is 62.2 Å². The van der Waals surface area contributed by atoms with Gasteiger partial charge in [0.2, 0.25) is 5.91 Å². The van der Waals surface area contributed by atoms with E-state index in [2.05, 4.69) is 16.0 Å². The number of hydrazine groups is 1. The van der Waals surface area contributed by atoms with Crippen molar-refractivity contribution in [3.05, 3.63) is 53.9 Å². The van der Waals surface area contributed by atoms with Crippen LogP contribution in [0.1, 0.15) is 17.2 Å². The maximum Gasteiger partial charge on any atom is 0.229 e. The van der Waals surface area contributed by atoms with E-state index >= 15 is 0 Å². The van der Waals surface area contributed by atoms with Crippen molar-refractivity contribution < 1.29 is 4.79 Å². The summed E-state index contributed by atoms with van der Waals surface area (Å²) in [4.78, 5) is 14.5. The minimum Gasteiger partial charge on any atom is -0.341 e. The number of nitrogens with zero attached hydrogens (tertiary/aromatic N) is 3. The predicted octanol–water partition coefficient (Wildman–Crippen LogP) is 0.844. The molecule has 1 aliphatic rings. The third-order valence-electron chi connectivity index (χ3n) is 4.01. The number of hydrogen-bond donors (Lipinski definition) is 2. The molecular weight excluding hydrogens is 278 g/mol. The maximum absolute atomic E-state index is 12.8. The predicted molar refractivity (Wildman–Crippen MR) is 83.5 cm³/mol. The van der Waals surface area contributed by atoms with Gasteiger partial charge in [0, 0.05) is 38.9 Å². The van der Waals surface area contributed by atoms with Gasteiger partial charge in [-0.05, 0) is 5.56 Å². The number of nitrogens with one attached hydrogen (secondary N) is 2. The van der Waals surface area contributed by atoms with Gasteiger partial charge in [0.15, 0.2) is 0 Å². The molecule has 6 heteroatoms. The van der Waals surface area contributed by atoms with E-state index in [4.69, 9.17) is 0 Å². The molecule has 1 aliphatic heterocycles. The summed E-state index contributed by atoms with van der Waals surface area (Å²) in [5.74, 6) is 0.0271. The fourth-order valence-corrected chi connectivity index (χ4v) is 2.89. The molecule has 2 atom stereocenters. The van der Waals surface area contributed by atoms with E-state index in [1.165, 1.54) is 0 Å². The largest absolute Gasteiger partial charge is 0.341 e. The van der Waals surface area contributed by atoms with Crippen LogP contribution in [0.25, 0.3) is 0 Å². The first-order chi connectivity index (χ1) is 10.6. The Morgan fingerprint density at radius 3 is 2.86 bits per heavy atom. The summed E-state index contributed by atoms with van der Waals surface area (Å²) in [5, 5.41) is 4.14. The van der Waals surface area contributed by atoms with E-state index in [1.54, 1.807) is 15.8 Å². The Morgan fingerprint density at radius 1 is 1.41 bits per heavy atom. The summed E-state index contributed by atoms with van der Waals surface area (Å²) in [5.41, 5.74) is 8.48. The molecule has 1 aromatic heterocycles. The first kappa shape index (κ1) is 14.7. The highest BCUT2D eigenvalue weighted by Crippen LogP contribution is 2.26. The smallest absolute Gasteiger partial charge is 0.229 e. The van der Waals surface area contributed by atoms with Gasteiger partial charge in [-0.15, -0.1) is 0 Å². The van der Waals surface area contributed by atoms with Crippen molar-refractivity contribution in [2.24, 2.45) is 13.0 Å². The van der Waals surface area contributed by atoms with Crippen molar-refractivity contribution in [2.45, 2.75) is 12.6 Å². The molecule has 2 N–H and O–H groups in total. The molecule has 0 aliphatic carbocycles. The van der Waals surface area contributed by atoms with E-state index in [1.807, 2.05) is 50.6 Å². The summed E-state index contributed by atoms with van der Waals surface area (Å²) >= 11 is 0. The lowest BCUT2D eigenvalue weighted by molar-refractivity contribution is -0.134. The van der Waals surface area contributed by atoms with Crippen LogP contribution in [0.2, 0.25) is 0 Å². The number of aryl methyl sites for hydroxylation is 1. The van der Waals surface area contributed by atoms with Crippen LogP contribution >= 0.6 is 0 Å². The molecule has 2 unspecified atom stereocenters. The van der Waals surface area contributed by atoms with Crippen LogP contribution < -0.4 is 10.9 Å². The Balaban J connectivity index is 1.70. The summed E-state index contributed by atoms with van der Waals surface area (Å²) < 4.78 is 1.75. The van der Waals surface area contributed by atoms with Crippen LogP contribution in [-0.4, -0.2) is 34.2 Å². The Labute approximate surface area is 130 Å². The maximum atomic E-state index is 12.8. The van der Waals surface area contributed by atoms with Crippen LogP contribution in [0.15, 0.2) is 42.7 Å². The Hall–Kier alpha value is -2.18. The highest BCUT2D eigenvalue weighted by atomic mass is 16.2. The van der Waals surface area contributed by atoms with Gasteiger partial charge in [0.25, 0.3) is 0 Å². The quantitative estimate of drug-likeness (QED) is 0.878. The first-order valence-electron chi connectivity index (χ1n) is 7.41. The van der Waals surface area contributed by atoms with Crippen molar-refractivity contribution in [3.8, 4) is 0 Å². The standard InChI is InChI=1S/C16H21N5O/c1-20(10-12-8-18-21(2)11-12)16(22)14-9-17-19-15(14)13-6-4-3-5-7-13/h3-8,11,14-15,17,19H,9-10H2,1-2H3. The number of carbonyl (C=O) groups excluding carboxylic acids is 1. The summed E-state index contributed by atoms with van der Waals surface area (Å²) in [6.45, 7) is 1.21. The molecule has 3 rings (SSSR count). The van der Waals surface area contributed by atoms with E-state index in [-0.39, 0.29) is 17.9 Å². The molecule has 1 aromatic carbocycles. The SMILES string of the molecule is CN(Cc1cnn(C)c1)C(=O)C1CNNC1c1ccccc1. The highest BCUT2D eigenvalue weighted by molar-refractivity contribution is 5.80. The van der Waals surface area contributed by atoms with Crippen LogP contribution in [-0.2, 0) is 18.4 Å². The van der Waals surface area contributed by atoms with Crippen molar-refractivity contribution in [1.82, 2.24) is 25.5 Å². The lowest BCUT2D eigenvalue weighted by Gasteiger charge is -2.24. The number of amides is 1. The van der Waals surface area contributed by atoms with Gasteiger partial charge in [-0.3, -0.25) is 14.9 Å². The number of rotatable bonds is 4. The highest BCUT2D eigenvalue weighted by Gasteiger charge is 2.35. The third-order valence-corrected chi connectivity index (χ3v) is 4.01. The molecule has 22 heavy (non-hydrogen) atoms. The Morgan fingerprint density at radius 2 is 2.18 bits per heavy atom.